The Labute approximate surface area is 212 Å². The van der Waals surface area contributed by atoms with Crippen LogP contribution in [-0.2, 0) is 11.0 Å². The summed E-state index contributed by atoms with van der Waals surface area (Å²) >= 11 is 0. The second-order valence-corrected chi connectivity index (χ2v) is 10.5. The lowest BCUT2D eigenvalue weighted by Crippen LogP contribution is -2.45. The maximum absolute atomic E-state index is 14.3. The molecule has 1 aliphatic rings. The minimum absolute atomic E-state index is 0.0724. The van der Waals surface area contributed by atoms with Crippen molar-refractivity contribution >= 4 is 13.6 Å². The van der Waals surface area contributed by atoms with Crippen LogP contribution in [0.1, 0.15) is 36.6 Å². The van der Waals surface area contributed by atoms with Crippen LogP contribution in [-0.4, -0.2) is 16.8 Å². The van der Waals surface area contributed by atoms with Gasteiger partial charge in [-0.05, 0) is 54.8 Å². The molecule has 0 aromatic heterocycles. The van der Waals surface area contributed by atoms with E-state index in [1.54, 1.807) is 24.3 Å². The van der Waals surface area contributed by atoms with Gasteiger partial charge in [0.05, 0.1) is 6.04 Å². The van der Waals surface area contributed by atoms with Crippen LogP contribution >= 0.6 is 7.75 Å². The van der Waals surface area contributed by atoms with Gasteiger partial charge in [0.1, 0.15) is 17.3 Å². The van der Waals surface area contributed by atoms with Crippen LogP contribution in [0.4, 0.5) is 0 Å². The smallest absolute Gasteiger partial charge is 0.399 e. The van der Waals surface area contributed by atoms with Gasteiger partial charge in [-0.1, -0.05) is 91.0 Å². The zero-order valence-corrected chi connectivity index (χ0v) is 21.3. The van der Waals surface area contributed by atoms with Gasteiger partial charge in [0.15, 0.2) is 0 Å². The third kappa shape index (κ3) is 5.22. The number of benzene rings is 4. The molecule has 0 aliphatic carbocycles. The molecule has 5 nitrogen and oxygen atoms in total. The highest BCUT2D eigenvalue weighted by molar-refractivity contribution is 7.53. The molecule has 1 aliphatic heterocycles. The molecule has 0 saturated carbocycles. The summed E-state index contributed by atoms with van der Waals surface area (Å²) in [6.07, 6.45) is 0.526. The van der Waals surface area contributed by atoms with Crippen LogP contribution in [0.15, 0.2) is 120 Å². The highest BCUT2D eigenvalue weighted by atomic mass is 31.2. The highest BCUT2D eigenvalue weighted by Crippen LogP contribution is 2.51. The Morgan fingerprint density at radius 3 is 1.81 bits per heavy atom. The Morgan fingerprint density at radius 1 is 0.750 bits per heavy atom. The molecule has 4 aromatic carbocycles. The van der Waals surface area contributed by atoms with E-state index in [9.17, 15) is 4.57 Å². The molecule has 1 atom stereocenters. The van der Waals surface area contributed by atoms with Crippen molar-refractivity contribution in [1.82, 2.24) is 4.90 Å². The molecule has 4 aromatic rings. The molecule has 0 spiro atoms. The first-order chi connectivity index (χ1) is 17.5. The van der Waals surface area contributed by atoms with Crippen LogP contribution in [0, 0.1) is 0 Å². The number of hydrogen-bond acceptors (Lipinski definition) is 3. The number of nitrogens with zero attached hydrogens (tertiary/aromatic N) is 2. The summed E-state index contributed by atoms with van der Waals surface area (Å²) in [4.78, 5) is 2.23. The summed E-state index contributed by atoms with van der Waals surface area (Å²) in [5.74, 6) is 1.55. The highest BCUT2D eigenvalue weighted by Gasteiger charge is 2.37. The number of fused-ring (bicyclic) bond motifs is 1. The van der Waals surface area contributed by atoms with Crippen LogP contribution in [0.2, 0.25) is 0 Å². The van der Waals surface area contributed by atoms with Gasteiger partial charge in [-0.2, -0.15) is 0 Å². The standard InChI is InChI=1S/C30H29N2O3P/c1-23(2)32-29(22-25-16-12-13-21-28(25)30(32)24-14-6-3-7-15-24)31-36(33,34-26-17-8-4-9-18-26)35-27-19-10-5-11-20-27/h3-21,23,30H,22H2,1-2H3. The summed E-state index contributed by atoms with van der Waals surface area (Å²) < 4.78 is 31.0. The van der Waals surface area contributed by atoms with Crippen molar-refractivity contribution in [3.8, 4) is 11.5 Å². The first kappa shape index (κ1) is 23.9. The van der Waals surface area contributed by atoms with Gasteiger partial charge >= 0.3 is 7.75 Å². The number of amidine groups is 1. The first-order valence-corrected chi connectivity index (χ1v) is 13.6. The third-order valence-electron chi connectivity index (χ3n) is 6.11. The maximum atomic E-state index is 14.3. The van der Waals surface area contributed by atoms with Crippen LogP contribution < -0.4 is 9.05 Å². The number of rotatable bonds is 7. The molecule has 0 fully saturated rings. The zero-order chi connectivity index (χ0) is 25.0. The largest absolute Gasteiger partial charge is 0.564 e. The monoisotopic (exact) mass is 496 g/mol. The molecular weight excluding hydrogens is 467 g/mol. The first-order valence-electron chi connectivity index (χ1n) is 12.1. The minimum atomic E-state index is -3.99. The summed E-state index contributed by atoms with van der Waals surface area (Å²) in [6, 6.07) is 36.9. The van der Waals surface area contributed by atoms with Crippen molar-refractivity contribution in [2.24, 2.45) is 4.76 Å². The third-order valence-corrected chi connectivity index (χ3v) is 7.47. The lowest BCUT2D eigenvalue weighted by molar-refractivity contribution is 0.283. The molecule has 36 heavy (non-hydrogen) atoms. The predicted octanol–water partition coefficient (Wildman–Crippen LogP) is 7.71. The molecular formula is C30H29N2O3P. The molecule has 0 N–H and O–H groups in total. The second-order valence-electron chi connectivity index (χ2n) is 8.98. The number of hydrogen-bond donors (Lipinski definition) is 0. The Bertz CT molecular complexity index is 1330. The molecule has 5 rings (SSSR count). The van der Waals surface area contributed by atoms with E-state index in [2.05, 4.69) is 49.1 Å². The van der Waals surface area contributed by atoms with E-state index in [1.165, 1.54) is 5.56 Å². The SMILES string of the molecule is CC(C)N1C(=NP(=O)(Oc2ccccc2)Oc2ccccc2)Cc2ccccc2C1c1ccccc1. The average Bonchev–Trinajstić information content (AvgIpc) is 2.89. The van der Waals surface area contributed by atoms with E-state index in [0.717, 1.165) is 11.1 Å². The topological polar surface area (TPSA) is 51.1 Å². The van der Waals surface area contributed by atoms with Crippen molar-refractivity contribution in [1.29, 1.82) is 0 Å². The minimum Gasteiger partial charge on any atom is -0.399 e. The number of para-hydroxylation sites is 2. The quantitative estimate of drug-likeness (QED) is 0.246. The Balaban J connectivity index is 1.64. The van der Waals surface area contributed by atoms with Gasteiger partial charge in [-0.15, -0.1) is 4.76 Å². The fourth-order valence-electron chi connectivity index (χ4n) is 4.61. The molecule has 0 amide bonds. The molecule has 0 radical (unpaired) electrons. The molecule has 0 bridgehead atoms. The van der Waals surface area contributed by atoms with Gasteiger partial charge in [-0.25, -0.2) is 4.57 Å². The van der Waals surface area contributed by atoms with E-state index in [-0.39, 0.29) is 12.1 Å². The molecule has 1 heterocycles. The lowest BCUT2D eigenvalue weighted by Gasteiger charge is -2.42. The van der Waals surface area contributed by atoms with E-state index in [4.69, 9.17) is 13.8 Å². The van der Waals surface area contributed by atoms with Crippen molar-refractivity contribution in [3.63, 3.8) is 0 Å². The molecule has 1 unspecified atom stereocenters. The Morgan fingerprint density at radius 2 is 1.25 bits per heavy atom. The van der Waals surface area contributed by atoms with Gasteiger partial charge in [0.25, 0.3) is 0 Å². The van der Waals surface area contributed by atoms with Gasteiger partial charge in [0.2, 0.25) is 0 Å². The summed E-state index contributed by atoms with van der Waals surface area (Å²) in [6.45, 7) is 4.25. The van der Waals surface area contributed by atoms with Crippen molar-refractivity contribution in [3.05, 3.63) is 132 Å². The normalized spacial score (nSPS) is 16.6. The van der Waals surface area contributed by atoms with Crippen LogP contribution in [0.5, 0.6) is 11.5 Å². The maximum Gasteiger partial charge on any atom is 0.564 e. The van der Waals surface area contributed by atoms with Crippen LogP contribution in [0.3, 0.4) is 0 Å². The summed E-state index contributed by atoms with van der Waals surface area (Å²) in [5, 5.41) is 0. The predicted molar refractivity (Wildman–Crippen MR) is 145 cm³/mol. The van der Waals surface area contributed by atoms with Crippen LogP contribution in [0.25, 0.3) is 0 Å². The Hall–Kier alpha value is -3.82. The Kier molecular flexibility index (Phi) is 6.92. The zero-order valence-electron chi connectivity index (χ0n) is 20.4. The van der Waals surface area contributed by atoms with Crippen molar-refractivity contribution in [2.75, 3.05) is 0 Å². The van der Waals surface area contributed by atoms with Crippen molar-refractivity contribution in [2.45, 2.75) is 32.4 Å². The fraction of sp³-hybridized carbons (Fsp3) is 0.167. The lowest BCUT2D eigenvalue weighted by atomic mass is 9.87. The van der Waals surface area contributed by atoms with E-state index in [1.807, 2.05) is 60.7 Å². The van der Waals surface area contributed by atoms with Crippen molar-refractivity contribution < 1.29 is 13.6 Å². The van der Waals surface area contributed by atoms with Gasteiger partial charge < -0.3 is 13.9 Å². The fourth-order valence-corrected chi connectivity index (χ4v) is 5.96. The molecule has 182 valence electrons. The van der Waals surface area contributed by atoms with E-state index in [0.29, 0.717) is 23.8 Å². The van der Waals surface area contributed by atoms with Gasteiger partial charge in [0, 0.05) is 12.5 Å². The van der Waals surface area contributed by atoms with E-state index >= 15 is 0 Å². The van der Waals surface area contributed by atoms with Gasteiger partial charge in [-0.3, -0.25) is 0 Å². The average molecular weight is 497 g/mol. The second kappa shape index (κ2) is 10.4. The van der Waals surface area contributed by atoms with E-state index < -0.39 is 7.75 Å². The summed E-state index contributed by atoms with van der Waals surface area (Å²) in [5.41, 5.74) is 3.51. The summed E-state index contributed by atoms with van der Waals surface area (Å²) in [7, 11) is -3.99. The molecule has 0 saturated heterocycles. The molecule has 6 heteroatoms.